The number of sulfone groups is 1. The Kier molecular flexibility index (Phi) is 9.17. The fourth-order valence-corrected chi connectivity index (χ4v) is 4.77. The molecule has 1 N–H and O–H groups in total. The summed E-state index contributed by atoms with van der Waals surface area (Å²) in [6.07, 6.45) is -2.85. The van der Waals surface area contributed by atoms with Crippen molar-refractivity contribution in [2.75, 3.05) is 45.5 Å². The highest BCUT2D eigenvalue weighted by Crippen LogP contribution is 2.31. The smallest absolute Gasteiger partial charge is 0.339 e. The van der Waals surface area contributed by atoms with Gasteiger partial charge in [0.2, 0.25) is 5.91 Å². The van der Waals surface area contributed by atoms with Gasteiger partial charge in [0.25, 0.3) is 0 Å². The Hall–Kier alpha value is -0.290. The average molecular weight is 444 g/mol. The van der Waals surface area contributed by atoms with Crippen LogP contribution in [0.15, 0.2) is 0 Å². The number of hydrogen-bond acceptors (Lipinski definition) is 5. The van der Waals surface area contributed by atoms with E-state index in [1.165, 1.54) is 9.80 Å². The molecule has 0 aromatic rings. The molecule has 0 aromatic heterocycles. The molecule has 2 fully saturated rings. The summed E-state index contributed by atoms with van der Waals surface area (Å²) in [7, 11) is -3.61. The van der Waals surface area contributed by atoms with E-state index in [2.05, 4.69) is 5.32 Å². The van der Waals surface area contributed by atoms with Gasteiger partial charge in [-0.05, 0) is 32.9 Å². The minimum atomic E-state index is -4.31. The van der Waals surface area contributed by atoms with Gasteiger partial charge in [0.05, 0.1) is 0 Å². The fraction of sp³-hybridized carbons (Fsp3) is 0.929. The van der Waals surface area contributed by atoms with Gasteiger partial charge in [-0.3, -0.25) is 9.69 Å². The van der Waals surface area contributed by atoms with E-state index >= 15 is 0 Å². The van der Waals surface area contributed by atoms with Crippen LogP contribution in [0.25, 0.3) is 0 Å². The number of carbonyl (C=O) groups excluding carboxylic acids is 1. The Balaban J connectivity index is 0.00000312. The Bertz CT molecular complexity index is 576. The lowest BCUT2D eigenvalue weighted by Gasteiger charge is -2.43. The molecule has 2 heterocycles. The number of nitrogens with zero attached hydrogens (tertiary/aromatic N) is 2. The molecule has 0 radical (unpaired) electrons. The third kappa shape index (κ3) is 5.15. The second kappa shape index (κ2) is 9.27. The zero-order chi connectivity index (χ0) is 18.2. The number of piperazine rings is 1. The quantitative estimate of drug-likeness (QED) is 0.706. The first-order valence-electron chi connectivity index (χ1n) is 7.99. The lowest BCUT2D eigenvalue weighted by atomic mass is 9.94. The summed E-state index contributed by atoms with van der Waals surface area (Å²) in [6.45, 7) is 2.37. The zero-order valence-corrected chi connectivity index (χ0v) is 17.2. The Morgan fingerprint density at radius 1 is 1.08 bits per heavy atom. The molecule has 2 rings (SSSR count). The molecule has 1 amide bonds. The van der Waals surface area contributed by atoms with E-state index < -0.39 is 32.7 Å². The van der Waals surface area contributed by atoms with E-state index in [9.17, 15) is 26.4 Å². The lowest BCUT2D eigenvalue weighted by Crippen LogP contribution is -2.62. The lowest BCUT2D eigenvalue weighted by molar-refractivity contribution is -0.183. The van der Waals surface area contributed by atoms with Crippen molar-refractivity contribution in [2.24, 2.45) is 0 Å². The van der Waals surface area contributed by atoms with E-state index in [1.807, 2.05) is 0 Å². The Morgan fingerprint density at radius 3 is 1.92 bits per heavy atom. The van der Waals surface area contributed by atoms with Gasteiger partial charge >= 0.3 is 6.18 Å². The van der Waals surface area contributed by atoms with Crippen molar-refractivity contribution in [2.45, 2.75) is 36.7 Å². The number of amides is 1. The predicted molar refractivity (Wildman–Crippen MR) is 97.8 cm³/mol. The van der Waals surface area contributed by atoms with Crippen LogP contribution in [0.4, 0.5) is 13.2 Å². The average Bonchev–Trinajstić information content (AvgIpc) is 2.52. The van der Waals surface area contributed by atoms with Crippen LogP contribution < -0.4 is 5.32 Å². The summed E-state index contributed by atoms with van der Waals surface area (Å²) in [5, 5.41) is 3.04. The number of hydrogen-bond donors (Lipinski definition) is 1. The van der Waals surface area contributed by atoms with E-state index in [0.29, 0.717) is 13.1 Å². The summed E-state index contributed by atoms with van der Waals surface area (Å²) in [5.41, 5.74) is 0. The molecule has 2 saturated heterocycles. The molecule has 156 valence electrons. The van der Waals surface area contributed by atoms with Crippen LogP contribution in [-0.2, 0) is 14.6 Å². The van der Waals surface area contributed by atoms with Gasteiger partial charge in [-0.25, -0.2) is 8.42 Å². The topological polar surface area (TPSA) is 69.7 Å². The molecular formula is C14H26Cl2F3N3O3S. The predicted octanol–water partition coefficient (Wildman–Crippen LogP) is 1.09. The molecule has 1 atom stereocenters. The molecule has 2 aliphatic heterocycles. The monoisotopic (exact) mass is 443 g/mol. The maximum Gasteiger partial charge on any atom is 0.403 e. The molecular weight excluding hydrogens is 418 g/mol. The molecule has 2 aliphatic rings. The number of piperidine rings is 1. The maximum atomic E-state index is 12.9. The van der Waals surface area contributed by atoms with Gasteiger partial charge in [-0.1, -0.05) is 0 Å². The van der Waals surface area contributed by atoms with E-state index in [-0.39, 0.29) is 63.8 Å². The first kappa shape index (κ1) is 25.7. The van der Waals surface area contributed by atoms with Crippen molar-refractivity contribution in [1.29, 1.82) is 0 Å². The Labute approximate surface area is 164 Å². The van der Waals surface area contributed by atoms with Crippen LogP contribution in [-0.4, -0.2) is 86.6 Å². The maximum absolute atomic E-state index is 12.9. The van der Waals surface area contributed by atoms with Crippen LogP contribution in [0.5, 0.6) is 0 Å². The molecule has 12 heteroatoms. The van der Waals surface area contributed by atoms with Gasteiger partial charge in [-0.15, -0.1) is 24.8 Å². The molecule has 0 saturated carbocycles. The van der Waals surface area contributed by atoms with Crippen molar-refractivity contribution in [3.63, 3.8) is 0 Å². The van der Waals surface area contributed by atoms with E-state index in [0.717, 1.165) is 13.2 Å². The van der Waals surface area contributed by atoms with E-state index in [1.54, 1.807) is 0 Å². The molecule has 26 heavy (non-hydrogen) atoms. The summed E-state index contributed by atoms with van der Waals surface area (Å²) in [6, 6.07) is -1.57. The number of halogens is 5. The minimum absolute atomic E-state index is 0. The second-order valence-corrected chi connectivity index (χ2v) is 8.89. The molecule has 0 aromatic carbocycles. The third-order valence-corrected chi connectivity index (χ3v) is 7.14. The highest BCUT2D eigenvalue weighted by Gasteiger charge is 2.51. The SMILES string of the molecule is CC(N1CCN(C(=O)C2(S(C)(=O)=O)CCNCC2)CC1)C(F)(F)F.Cl.Cl. The first-order valence-corrected chi connectivity index (χ1v) is 9.89. The van der Waals surface area contributed by atoms with E-state index in [4.69, 9.17) is 0 Å². The van der Waals surface area contributed by atoms with Crippen molar-refractivity contribution in [3.05, 3.63) is 0 Å². The highest BCUT2D eigenvalue weighted by atomic mass is 35.5. The molecule has 0 aliphatic carbocycles. The molecule has 0 spiro atoms. The first-order chi connectivity index (χ1) is 11.0. The van der Waals surface area contributed by atoms with Crippen LogP contribution in [0.3, 0.4) is 0 Å². The second-order valence-electron chi connectivity index (χ2n) is 6.56. The summed E-state index contributed by atoms with van der Waals surface area (Å²) >= 11 is 0. The molecule has 1 unspecified atom stereocenters. The minimum Gasteiger partial charge on any atom is -0.339 e. The number of nitrogens with one attached hydrogen (secondary N) is 1. The fourth-order valence-electron chi connectivity index (χ4n) is 3.38. The van der Waals surface area contributed by atoms with Crippen molar-refractivity contribution < 1.29 is 26.4 Å². The van der Waals surface area contributed by atoms with Crippen molar-refractivity contribution in [3.8, 4) is 0 Å². The zero-order valence-electron chi connectivity index (χ0n) is 14.7. The number of rotatable bonds is 3. The standard InChI is InChI=1S/C14H24F3N3O3S.2ClH/c1-11(14(15,16)17)19-7-9-20(10-8-19)12(21)13(24(2,22)23)3-5-18-6-4-13;;/h11,18H,3-10H2,1-2H3;2*1H. The number of alkyl halides is 3. The summed E-state index contributed by atoms with van der Waals surface area (Å²) < 4.78 is 61.4. The van der Waals surface area contributed by atoms with Crippen LogP contribution in [0.1, 0.15) is 19.8 Å². The van der Waals surface area contributed by atoms with Gasteiger partial charge in [0.1, 0.15) is 6.04 Å². The van der Waals surface area contributed by atoms with Gasteiger partial charge in [0.15, 0.2) is 14.6 Å². The van der Waals surface area contributed by atoms with Crippen LogP contribution in [0, 0.1) is 0 Å². The largest absolute Gasteiger partial charge is 0.403 e. The van der Waals surface area contributed by atoms with Gasteiger partial charge < -0.3 is 10.2 Å². The summed E-state index contributed by atoms with van der Waals surface area (Å²) in [5.74, 6) is -0.467. The van der Waals surface area contributed by atoms with Crippen LogP contribution in [0.2, 0.25) is 0 Å². The summed E-state index contributed by atoms with van der Waals surface area (Å²) in [4.78, 5) is 15.6. The van der Waals surface area contributed by atoms with Crippen LogP contribution >= 0.6 is 24.8 Å². The van der Waals surface area contributed by atoms with Gasteiger partial charge in [-0.2, -0.15) is 13.2 Å². The normalized spacial score (nSPS) is 22.7. The highest BCUT2D eigenvalue weighted by molar-refractivity contribution is 7.92. The number of carbonyl (C=O) groups is 1. The van der Waals surface area contributed by atoms with Crippen molar-refractivity contribution >= 4 is 40.6 Å². The molecule has 0 bridgehead atoms. The van der Waals surface area contributed by atoms with Gasteiger partial charge in [0, 0.05) is 32.4 Å². The van der Waals surface area contributed by atoms with Crippen molar-refractivity contribution in [1.82, 2.24) is 15.1 Å². The molecule has 6 nitrogen and oxygen atoms in total. The Morgan fingerprint density at radius 2 is 1.54 bits per heavy atom. The third-order valence-electron chi connectivity index (χ3n) is 5.13.